The summed E-state index contributed by atoms with van der Waals surface area (Å²) in [6.07, 6.45) is 0.640. The van der Waals surface area contributed by atoms with Crippen molar-refractivity contribution >= 4 is 19.7 Å². The lowest BCUT2D eigenvalue weighted by Crippen LogP contribution is -2.35. The van der Waals surface area contributed by atoms with Crippen LogP contribution in [-0.2, 0) is 32.0 Å². The third-order valence-electron chi connectivity index (χ3n) is 5.07. The minimum absolute atomic E-state index is 0.00112. The first-order valence-corrected chi connectivity index (χ1v) is 12.6. The van der Waals surface area contributed by atoms with E-state index in [0.717, 1.165) is 17.7 Å². The summed E-state index contributed by atoms with van der Waals surface area (Å²) in [6, 6.07) is 16.0. The Balaban J connectivity index is 1.82. The topological polar surface area (TPSA) is 71.5 Å². The highest BCUT2D eigenvalue weighted by Crippen LogP contribution is 2.23. The average Bonchev–Trinajstić information content (AvgIpc) is 3.01. The lowest BCUT2D eigenvalue weighted by molar-refractivity contribution is 0.214. The normalized spacial score (nSPS) is 19.4. The molecule has 0 N–H and O–H groups in total. The van der Waals surface area contributed by atoms with Crippen LogP contribution in [0.4, 0.5) is 0 Å². The Morgan fingerprint density at radius 1 is 1.00 bits per heavy atom. The zero-order valence-corrected chi connectivity index (χ0v) is 17.0. The number of hydrogen-bond acceptors (Lipinski definition) is 5. The van der Waals surface area contributed by atoms with E-state index in [2.05, 4.69) is 4.90 Å². The monoisotopic (exact) mass is 407 g/mol. The van der Waals surface area contributed by atoms with E-state index in [-0.39, 0.29) is 23.3 Å². The first-order valence-electron chi connectivity index (χ1n) is 9.10. The standard InChI is InChI=1S/C20H25NO4S2/c1-2-21(19-12-13-26(22,23)16-19)14-17-8-6-7-9-18(17)15-27(24,25)20-10-4-3-5-11-20/h3-11,19H,2,12-16H2,1H3. The van der Waals surface area contributed by atoms with Crippen molar-refractivity contribution in [2.75, 3.05) is 18.1 Å². The number of rotatable bonds is 7. The largest absolute Gasteiger partial charge is 0.295 e. The van der Waals surface area contributed by atoms with Crippen LogP contribution in [-0.4, -0.2) is 45.8 Å². The second-order valence-electron chi connectivity index (χ2n) is 6.96. The Hall–Kier alpha value is -1.70. The molecule has 0 saturated carbocycles. The average molecular weight is 408 g/mol. The van der Waals surface area contributed by atoms with Crippen LogP contribution in [0, 0.1) is 0 Å². The van der Waals surface area contributed by atoms with Crippen LogP contribution >= 0.6 is 0 Å². The van der Waals surface area contributed by atoms with Crippen molar-refractivity contribution in [3.8, 4) is 0 Å². The predicted octanol–water partition coefficient (Wildman–Crippen LogP) is 2.67. The molecule has 2 aromatic carbocycles. The van der Waals surface area contributed by atoms with Crippen LogP contribution in [0.5, 0.6) is 0 Å². The van der Waals surface area contributed by atoms with E-state index < -0.39 is 19.7 Å². The van der Waals surface area contributed by atoms with Gasteiger partial charge in [-0.1, -0.05) is 49.4 Å². The predicted molar refractivity (Wildman–Crippen MR) is 107 cm³/mol. The van der Waals surface area contributed by atoms with Gasteiger partial charge in [-0.3, -0.25) is 4.90 Å². The molecule has 3 rings (SSSR count). The quantitative estimate of drug-likeness (QED) is 0.706. The van der Waals surface area contributed by atoms with Crippen LogP contribution in [0.1, 0.15) is 24.5 Å². The van der Waals surface area contributed by atoms with Crippen LogP contribution in [0.15, 0.2) is 59.5 Å². The van der Waals surface area contributed by atoms with Crippen molar-refractivity contribution in [2.45, 2.75) is 36.6 Å². The van der Waals surface area contributed by atoms with Crippen molar-refractivity contribution in [1.82, 2.24) is 4.90 Å². The maximum absolute atomic E-state index is 12.8. The zero-order valence-electron chi connectivity index (χ0n) is 15.4. The fraction of sp³-hybridized carbons (Fsp3) is 0.400. The lowest BCUT2D eigenvalue weighted by atomic mass is 10.1. The van der Waals surface area contributed by atoms with Crippen molar-refractivity contribution in [3.63, 3.8) is 0 Å². The van der Waals surface area contributed by atoms with E-state index in [9.17, 15) is 16.8 Å². The second-order valence-corrected chi connectivity index (χ2v) is 11.2. The smallest absolute Gasteiger partial charge is 0.182 e. The second kappa shape index (κ2) is 8.12. The van der Waals surface area contributed by atoms with Gasteiger partial charge in [0.1, 0.15) is 0 Å². The van der Waals surface area contributed by atoms with Crippen LogP contribution < -0.4 is 0 Å². The Morgan fingerprint density at radius 2 is 1.63 bits per heavy atom. The van der Waals surface area contributed by atoms with Gasteiger partial charge in [0.15, 0.2) is 19.7 Å². The van der Waals surface area contributed by atoms with Gasteiger partial charge in [0.25, 0.3) is 0 Å². The van der Waals surface area contributed by atoms with E-state index in [4.69, 9.17) is 0 Å². The first-order chi connectivity index (χ1) is 12.8. The van der Waals surface area contributed by atoms with E-state index in [0.29, 0.717) is 17.9 Å². The van der Waals surface area contributed by atoms with Gasteiger partial charge in [-0.05, 0) is 36.2 Å². The molecule has 0 amide bonds. The van der Waals surface area contributed by atoms with Gasteiger partial charge >= 0.3 is 0 Å². The molecule has 2 aromatic rings. The number of sulfone groups is 2. The van der Waals surface area contributed by atoms with Gasteiger partial charge < -0.3 is 0 Å². The zero-order chi connectivity index (χ0) is 19.5. The minimum atomic E-state index is -3.43. The summed E-state index contributed by atoms with van der Waals surface area (Å²) < 4.78 is 49.2. The van der Waals surface area contributed by atoms with Crippen LogP contribution in [0.2, 0.25) is 0 Å². The summed E-state index contributed by atoms with van der Waals surface area (Å²) in [5, 5.41) is 0. The lowest BCUT2D eigenvalue weighted by Gasteiger charge is -2.27. The summed E-state index contributed by atoms with van der Waals surface area (Å²) in [5.41, 5.74) is 1.70. The summed E-state index contributed by atoms with van der Waals surface area (Å²) >= 11 is 0. The Kier molecular flexibility index (Phi) is 6.03. The number of hydrogen-bond donors (Lipinski definition) is 0. The Morgan fingerprint density at radius 3 is 2.22 bits per heavy atom. The Labute approximate surface area is 161 Å². The highest BCUT2D eigenvalue weighted by Gasteiger charge is 2.32. The van der Waals surface area contributed by atoms with Crippen LogP contribution in [0.25, 0.3) is 0 Å². The van der Waals surface area contributed by atoms with Gasteiger partial charge in [0.2, 0.25) is 0 Å². The third-order valence-corrected chi connectivity index (χ3v) is 8.50. The van der Waals surface area contributed by atoms with Gasteiger partial charge in [-0.15, -0.1) is 0 Å². The molecule has 1 saturated heterocycles. The highest BCUT2D eigenvalue weighted by molar-refractivity contribution is 7.91. The van der Waals surface area contributed by atoms with E-state index in [1.54, 1.807) is 30.3 Å². The van der Waals surface area contributed by atoms with E-state index in [1.807, 2.05) is 31.2 Å². The fourth-order valence-corrected chi connectivity index (χ4v) is 6.74. The number of nitrogens with zero attached hydrogens (tertiary/aromatic N) is 1. The fourth-order valence-electron chi connectivity index (χ4n) is 3.55. The Bertz CT molecular complexity index is 986. The molecule has 7 heteroatoms. The molecule has 5 nitrogen and oxygen atoms in total. The summed E-state index contributed by atoms with van der Waals surface area (Å²) in [6.45, 7) is 3.28. The molecule has 1 atom stereocenters. The molecule has 1 fully saturated rings. The van der Waals surface area contributed by atoms with Gasteiger partial charge in [0.05, 0.1) is 22.2 Å². The molecule has 0 bridgehead atoms. The molecule has 0 aliphatic carbocycles. The molecule has 27 heavy (non-hydrogen) atoms. The highest BCUT2D eigenvalue weighted by atomic mass is 32.2. The van der Waals surface area contributed by atoms with Crippen molar-refractivity contribution < 1.29 is 16.8 Å². The molecule has 1 aliphatic heterocycles. The SMILES string of the molecule is CCN(Cc1ccccc1CS(=O)(=O)c1ccccc1)C1CCS(=O)(=O)C1. The van der Waals surface area contributed by atoms with Crippen LogP contribution in [0.3, 0.4) is 0 Å². The van der Waals surface area contributed by atoms with Crippen molar-refractivity contribution in [3.05, 3.63) is 65.7 Å². The molecule has 1 unspecified atom stereocenters. The third kappa shape index (κ3) is 4.97. The molecule has 146 valence electrons. The first kappa shape index (κ1) is 20.0. The maximum Gasteiger partial charge on any atom is 0.182 e. The summed E-state index contributed by atoms with van der Waals surface area (Å²) in [7, 11) is -6.39. The van der Waals surface area contributed by atoms with Gasteiger partial charge in [-0.2, -0.15) is 0 Å². The number of benzene rings is 2. The molecular formula is C20H25NO4S2. The minimum Gasteiger partial charge on any atom is -0.295 e. The van der Waals surface area contributed by atoms with E-state index in [1.165, 1.54) is 0 Å². The molecule has 1 heterocycles. The van der Waals surface area contributed by atoms with Gasteiger partial charge in [0, 0.05) is 12.6 Å². The summed E-state index contributed by atoms with van der Waals surface area (Å²) in [4.78, 5) is 2.45. The maximum atomic E-state index is 12.8. The molecule has 0 spiro atoms. The molecule has 0 aromatic heterocycles. The molecule has 0 radical (unpaired) electrons. The van der Waals surface area contributed by atoms with Crippen molar-refractivity contribution in [1.29, 1.82) is 0 Å². The molecule has 1 aliphatic rings. The summed E-state index contributed by atoms with van der Waals surface area (Å²) in [5.74, 6) is 0.358. The van der Waals surface area contributed by atoms with Crippen molar-refractivity contribution in [2.24, 2.45) is 0 Å². The van der Waals surface area contributed by atoms with Gasteiger partial charge in [-0.25, -0.2) is 16.8 Å². The molecular weight excluding hydrogens is 382 g/mol. The van der Waals surface area contributed by atoms with E-state index >= 15 is 0 Å².